The number of ether oxygens (including phenoxy) is 2. The van der Waals surface area contributed by atoms with Gasteiger partial charge in [-0.05, 0) is 77.0 Å². The van der Waals surface area contributed by atoms with Crippen LogP contribution in [-0.4, -0.2) is 24.1 Å². The van der Waals surface area contributed by atoms with E-state index >= 15 is 0 Å². The van der Waals surface area contributed by atoms with E-state index in [1.807, 2.05) is 0 Å². The van der Waals surface area contributed by atoms with Crippen LogP contribution in [0.4, 0.5) is 0 Å². The van der Waals surface area contributed by atoms with Crippen molar-refractivity contribution in [1.82, 2.24) is 0 Å². The number of esters is 2. The molecule has 4 aliphatic carbocycles. The lowest BCUT2D eigenvalue weighted by Gasteiger charge is -2.56. The van der Waals surface area contributed by atoms with Gasteiger partial charge in [0.15, 0.2) is 0 Å². The first-order valence-electron chi connectivity index (χ1n) is 8.75. The molecule has 0 heterocycles. The Labute approximate surface area is 138 Å². The summed E-state index contributed by atoms with van der Waals surface area (Å²) >= 11 is 0. The average molecular weight is 320 g/mol. The lowest BCUT2D eigenvalue weighted by Crippen LogP contribution is -2.49. The first-order chi connectivity index (χ1) is 10.7. The Hall–Kier alpha value is -1.32. The van der Waals surface area contributed by atoms with Crippen LogP contribution in [0.2, 0.25) is 0 Å². The van der Waals surface area contributed by atoms with E-state index in [-0.39, 0.29) is 11.0 Å². The fraction of sp³-hybridized carbons (Fsp3) is 0.789. The predicted molar refractivity (Wildman–Crippen MR) is 86.5 cm³/mol. The van der Waals surface area contributed by atoms with E-state index in [2.05, 4.69) is 6.58 Å². The average Bonchev–Trinajstić information content (AvgIpc) is 2.42. The van der Waals surface area contributed by atoms with Gasteiger partial charge in [0.1, 0.15) is 0 Å². The minimum atomic E-state index is -1.27. The van der Waals surface area contributed by atoms with Gasteiger partial charge in [-0.2, -0.15) is 0 Å². The number of hydrogen-bond acceptors (Lipinski definition) is 4. The Morgan fingerprint density at radius 3 is 2.00 bits per heavy atom. The molecule has 4 saturated carbocycles. The molecule has 0 atom stereocenters. The molecule has 0 aromatic heterocycles. The van der Waals surface area contributed by atoms with Crippen LogP contribution in [-0.2, 0) is 19.1 Å². The maximum Gasteiger partial charge on any atom is 0.350 e. The van der Waals surface area contributed by atoms with Crippen LogP contribution in [0.5, 0.6) is 0 Å². The van der Waals surface area contributed by atoms with Gasteiger partial charge in [0.05, 0.1) is 6.61 Å². The molecule has 0 aromatic carbocycles. The fourth-order valence-electron chi connectivity index (χ4n) is 5.22. The van der Waals surface area contributed by atoms with Crippen molar-refractivity contribution in [2.45, 2.75) is 64.9 Å². The zero-order valence-corrected chi connectivity index (χ0v) is 14.5. The third kappa shape index (κ3) is 3.31. The van der Waals surface area contributed by atoms with E-state index in [1.54, 1.807) is 20.8 Å². The van der Waals surface area contributed by atoms with E-state index in [1.165, 1.54) is 38.5 Å². The largest absolute Gasteiger partial charge is 0.462 e. The van der Waals surface area contributed by atoms with Crippen molar-refractivity contribution in [3.63, 3.8) is 0 Å². The monoisotopic (exact) mass is 320 g/mol. The number of carbonyl (C=O) groups is 2. The summed E-state index contributed by atoms with van der Waals surface area (Å²) in [7, 11) is 0. The zero-order chi connectivity index (χ0) is 16.8. The standard InChI is InChI=1S/C19H28O4/c1-12(2)16(20)23-18(3,4)17(21)22-11-19-8-13-5-14(9-19)7-15(6-13)10-19/h13-15H,1,5-11H2,2-4H3. The minimum absolute atomic E-state index is 0.179. The molecule has 0 aliphatic heterocycles. The summed E-state index contributed by atoms with van der Waals surface area (Å²) in [6, 6.07) is 0. The molecule has 0 unspecified atom stereocenters. The van der Waals surface area contributed by atoms with Crippen molar-refractivity contribution in [3.8, 4) is 0 Å². The number of hydrogen-bond donors (Lipinski definition) is 0. The molecule has 4 heteroatoms. The molecule has 0 spiro atoms. The van der Waals surface area contributed by atoms with Crippen LogP contribution in [0.1, 0.15) is 59.3 Å². The van der Waals surface area contributed by atoms with Crippen molar-refractivity contribution in [3.05, 3.63) is 12.2 Å². The molecular weight excluding hydrogens is 292 g/mol. The second-order valence-electron chi connectivity index (χ2n) is 8.67. The van der Waals surface area contributed by atoms with Crippen LogP contribution in [0.3, 0.4) is 0 Å². The normalized spacial score (nSPS) is 35.0. The summed E-state index contributed by atoms with van der Waals surface area (Å²) in [6.45, 7) is 8.75. The molecule has 4 nitrogen and oxygen atoms in total. The van der Waals surface area contributed by atoms with E-state index in [0.29, 0.717) is 6.61 Å². The quantitative estimate of drug-likeness (QED) is 0.573. The zero-order valence-electron chi connectivity index (χ0n) is 14.5. The van der Waals surface area contributed by atoms with Crippen LogP contribution < -0.4 is 0 Å². The Morgan fingerprint density at radius 2 is 1.57 bits per heavy atom. The molecule has 0 N–H and O–H groups in total. The first kappa shape index (κ1) is 16.5. The molecule has 4 aliphatic rings. The molecule has 0 amide bonds. The van der Waals surface area contributed by atoms with Crippen molar-refractivity contribution in [1.29, 1.82) is 0 Å². The van der Waals surface area contributed by atoms with Gasteiger partial charge >= 0.3 is 11.9 Å². The van der Waals surface area contributed by atoms with E-state index in [9.17, 15) is 9.59 Å². The highest BCUT2D eigenvalue weighted by molar-refractivity contribution is 5.90. The summed E-state index contributed by atoms with van der Waals surface area (Å²) in [4.78, 5) is 24.0. The summed E-state index contributed by atoms with van der Waals surface area (Å²) < 4.78 is 10.8. The van der Waals surface area contributed by atoms with Crippen LogP contribution in [0.15, 0.2) is 12.2 Å². The highest BCUT2D eigenvalue weighted by atomic mass is 16.6. The molecule has 0 saturated heterocycles. The van der Waals surface area contributed by atoms with Gasteiger partial charge in [-0.25, -0.2) is 9.59 Å². The van der Waals surface area contributed by atoms with E-state index < -0.39 is 17.5 Å². The number of rotatable bonds is 5. The summed E-state index contributed by atoms with van der Waals surface area (Å²) in [6.07, 6.45) is 7.69. The Bertz CT molecular complexity index is 496. The SMILES string of the molecule is C=C(C)C(=O)OC(C)(C)C(=O)OCC12CC3CC(CC(C3)C1)C2. The molecule has 128 valence electrons. The molecule has 23 heavy (non-hydrogen) atoms. The topological polar surface area (TPSA) is 52.6 Å². The van der Waals surface area contributed by atoms with Gasteiger partial charge in [0.25, 0.3) is 0 Å². The third-order valence-electron chi connectivity index (χ3n) is 5.86. The second-order valence-corrected chi connectivity index (χ2v) is 8.67. The lowest BCUT2D eigenvalue weighted by molar-refractivity contribution is -0.183. The van der Waals surface area contributed by atoms with Crippen molar-refractivity contribution >= 4 is 11.9 Å². The molecule has 0 radical (unpaired) electrons. The Kier molecular flexibility index (Phi) is 4.06. The molecule has 4 rings (SSSR count). The van der Waals surface area contributed by atoms with Crippen LogP contribution >= 0.6 is 0 Å². The molecule has 4 bridgehead atoms. The Morgan fingerprint density at radius 1 is 1.09 bits per heavy atom. The Balaban J connectivity index is 1.58. The van der Waals surface area contributed by atoms with Gasteiger partial charge in [-0.3, -0.25) is 0 Å². The van der Waals surface area contributed by atoms with Gasteiger partial charge in [-0.1, -0.05) is 6.58 Å². The first-order valence-corrected chi connectivity index (χ1v) is 8.75. The van der Waals surface area contributed by atoms with E-state index in [0.717, 1.165) is 17.8 Å². The fourth-order valence-corrected chi connectivity index (χ4v) is 5.22. The highest BCUT2D eigenvalue weighted by Gasteiger charge is 2.51. The maximum absolute atomic E-state index is 12.4. The van der Waals surface area contributed by atoms with Gasteiger partial charge in [-0.15, -0.1) is 0 Å². The smallest absolute Gasteiger partial charge is 0.350 e. The summed E-state index contributed by atoms with van der Waals surface area (Å²) in [5.74, 6) is 1.47. The van der Waals surface area contributed by atoms with Crippen LogP contribution in [0, 0.1) is 23.2 Å². The molecule has 0 aromatic rings. The van der Waals surface area contributed by atoms with Gasteiger partial charge in [0, 0.05) is 11.0 Å². The molecular formula is C19H28O4. The summed E-state index contributed by atoms with van der Waals surface area (Å²) in [5, 5.41) is 0. The predicted octanol–water partition coefficient (Wildman–Crippen LogP) is 3.64. The summed E-state index contributed by atoms with van der Waals surface area (Å²) in [5.41, 5.74) is -0.802. The van der Waals surface area contributed by atoms with Crippen molar-refractivity contribution in [2.75, 3.05) is 6.61 Å². The highest BCUT2D eigenvalue weighted by Crippen LogP contribution is 2.60. The lowest BCUT2D eigenvalue weighted by atomic mass is 9.50. The van der Waals surface area contributed by atoms with Gasteiger partial charge in [0.2, 0.25) is 5.60 Å². The van der Waals surface area contributed by atoms with Crippen LogP contribution in [0.25, 0.3) is 0 Å². The molecule has 4 fully saturated rings. The van der Waals surface area contributed by atoms with Crippen molar-refractivity contribution < 1.29 is 19.1 Å². The minimum Gasteiger partial charge on any atom is -0.462 e. The third-order valence-corrected chi connectivity index (χ3v) is 5.86. The van der Waals surface area contributed by atoms with E-state index in [4.69, 9.17) is 9.47 Å². The number of carbonyl (C=O) groups excluding carboxylic acids is 2. The van der Waals surface area contributed by atoms with Crippen molar-refractivity contribution in [2.24, 2.45) is 23.2 Å². The second kappa shape index (κ2) is 5.64. The maximum atomic E-state index is 12.4. The van der Waals surface area contributed by atoms with Gasteiger partial charge < -0.3 is 9.47 Å².